The van der Waals surface area contributed by atoms with Gasteiger partial charge in [0.2, 0.25) is 0 Å². The predicted molar refractivity (Wildman–Crippen MR) is 86.4 cm³/mol. The lowest BCUT2D eigenvalue weighted by Crippen LogP contribution is -2.47. The Morgan fingerprint density at radius 2 is 2.09 bits per heavy atom. The van der Waals surface area contributed by atoms with Gasteiger partial charge in [0.15, 0.2) is 0 Å². The SMILES string of the molecule is C#CC1C[C@]2(C)[C@H](O)CC[C@H]2[C@@H]2CCc3cc(O)ccc3[C@@H]12. The Hall–Kier alpha value is -1.46. The number of fused-ring (bicyclic) bond motifs is 5. The van der Waals surface area contributed by atoms with Gasteiger partial charge in [0.05, 0.1) is 6.10 Å². The maximum absolute atomic E-state index is 10.5. The largest absolute Gasteiger partial charge is 0.508 e. The van der Waals surface area contributed by atoms with Gasteiger partial charge in [-0.05, 0) is 72.6 Å². The van der Waals surface area contributed by atoms with Gasteiger partial charge in [-0.3, -0.25) is 0 Å². The molecule has 1 unspecified atom stereocenters. The molecule has 2 nitrogen and oxygen atoms in total. The van der Waals surface area contributed by atoms with E-state index in [2.05, 4.69) is 18.9 Å². The van der Waals surface area contributed by atoms with E-state index in [-0.39, 0.29) is 17.4 Å². The third-order valence-corrected chi connectivity index (χ3v) is 6.88. The zero-order valence-corrected chi connectivity index (χ0v) is 13.1. The van der Waals surface area contributed by atoms with Crippen molar-refractivity contribution in [1.29, 1.82) is 0 Å². The summed E-state index contributed by atoms with van der Waals surface area (Å²) in [6, 6.07) is 5.79. The summed E-state index contributed by atoms with van der Waals surface area (Å²) in [7, 11) is 0. The highest BCUT2D eigenvalue weighted by Gasteiger charge is 2.57. The molecule has 0 aromatic heterocycles. The lowest BCUT2D eigenvalue weighted by molar-refractivity contribution is -0.0366. The quantitative estimate of drug-likeness (QED) is 0.720. The molecule has 4 rings (SSSR count). The minimum Gasteiger partial charge on any atom is -0.508 e. The van der Waals surface area contributed by atoms with Crippen molar-refractivity contribution >= 4 is 0 Å². The van der Waals surface area contributed by atoms with Crippen LogP contribution >= 0.6 is 0 Å². The monoisotopic (exact) mass is 296 g/mol. The Morgan fingerprint density at radius 3 is 2.86 bits per heavy atom. The van der Waals surface area contributed by atoms with Gasteiger partial charge >= 0.3 is 0 Å². The minimum atomic E-state index is -0.199. The van der Waals surface area contributed by atoms with Crippen LogP contribution in [0.25, 0.3) is 0 Å². The molecule has 2 N–H and O–H groups in total. The van der Waals surface area contributed by atoms with Crippen LogP contribution in [0.4, 0.5) is 0 Å². The highest BCUT2D eigenvalue weighted by Crippen LogP contribution is 2.62. The number of phenolic OH excluding ortho intramolecular Hbond substituents is 1. The Balaban J connectivity index is 1.80. The minimum absolute atomic E-state index is 0.00732. The summed E-state index contributed by atoms with van der Waals surface area (Å²) in [4.78, 5) is 0. The first kappa shape index (κ1) is 14.2. The number of aliphatic hydroxyl groups is 1. The van der Waals surface area contributed by atoms with Crippen LogP contribution < -0.4 is 0 Å². The summed E-state index contributed by atoms with van der Waals surface area (Å²) < 4.78 is 0. The van der Waals surface area contributed by atoms with Crippen LogP contribution in [0.2, 0.25) is 0 Å². The van der Waals surface area contributed by atoms with E-state index in [4.69, 9.17) is 6.42 Å². The lowest BCUT2D eigenvalue weighted by Gasteiger charge is -2.52. The molecule has 0 aliphatic heterocycles. The first-order valence-electron chi connectivity index (χ1n) is 8.50. The number of phenols is 1. The van der Waals surface area contributed by atoms with Gasteiger partial charge < -0.3 is 10.2 Å². The van der Waals surface area contributed by atoms with Crippen molar-refractivity contribution in [3.63, 3.8) is 0 Å². The van der Waals surface area contributed by atoms with E-state index in [1.807, 2.05) is 6.07 Å². The van der Waals surface area contributed by atoms with E-state index in [0.717, 1.165) is 32.1 Å². The first-order valence-corrected chi connectivity index (χ1v) is 8.50. The summed E-state index contributed by atoms with van der Waals surface area (Å²) >= 11 is 0. The van der Waals surface area contributed by atoms with E-state index >= 15 is 0 Å². The fraction of sp³-hybridized carbons (Fsp3) is 0.600. The Bertz CT molecular complexity index is 644. The molecule has 22 heavy (non-hydrogen) atoms. The fourth-order valence-electron chi connectivity index (χ4n) is 5.83. The Kier molecular flexibility index (Phi) is 3.07. The number of terminal acetylenes is 1. The molecular weight excluding hydrogens is 272 g/mol. The van der Waals surface area contributed by atoms with E-state index in [1.54, 1.807) is 6.07 Å². The molecule has 2 heteroatoms. The molecular formula is C20H24O2. The van der Waals surface area contributed by atoms with E-state index < -0.39 is 0 Å². The highest BCUT2D eigenvalue weighted by molar-refractivity contribution is 5.41. The van der Waals surface area contributed by atoms with Crippen molar-refractivity contribution in [2.45, 2.75) is 51.0 Å². The fourth-order valence-corrected chi connectivity index (χ4v) is 5.83. The van der Waals surface area contributed by atoms with Gasteiger partial charge in [0.25, 0.3) is 0 Å². The van der Waals surface area contributed by atoms with Crippen LogP contribution in [0.1, 0.15) is 49.7 Å². The second-order valence-corrected chi connectivity index (χ2v) is 7.79. The van der Waals surface area contributed by atoms with Gasteiger partial charge in [0, 0.05) is 11.8 Å². The van der Waals surface area contributed by atoms with Crippen molar-refractivity contribution in [2.24, 2.45) is 23.2 Å². The number of hydrogen-bond donors (Lipinski definition) is 2. The molecule has 2 saturated carbocycles. The normalized spacial score (nSPS) is 42.9. The topological polar surface area (TPSA) is 40.5 Å². The lowest BCUT2D eigenvalue weighted by atomic mass is 9.52. The summed E-state index contributed by atoms with van der Waals surface area (Å²) in [5.74, 6) is 5.15. The average Bonchev–Trinajstić information content (AvgIpc) is 2.81. The number of benzene rings is 1. The van der Waals surface area contributed by atoms with E-state index in [0.29, 0.717) is 23.5 Å². The second kappa shape index (κ2) is 4.77. The maximum atomic E-state index is 10.5. The third-order valence-electron chi connectivity index (χ3n) is 6.88. The van der Waals surface area contributed by atoms with Crippen molar-refractivity contribution in [3.8, 4) is 18.1 Å². The molecule has 2 fully saturated rings. The Morgan fingerprint density at radius 1 is 1.27 bits per heavy atom. The molecule has 116 valence electrons. The van der Waals surface area contributed by atoms with Gasteiger partial charge in [0.1, 0.15) is 5.75 Å². The molecule has 3 aliphatic carbocycles. The molecule has 0 spiro atoms. The van der Waals surface area contributed by atoms with Crippen LogP contribution in [0.15, 0.2) is 18.2 Å². The zero-order chi connectivity index (χ0) is 15.5. The van der Waals surface area contributed by atoms with Crippen LogP contribution in [0.3, 0.4) is 0 Å². The molecule has 3 aliphatic rings. The molecule has 0 saturated heterocycles. The Labute approximate surface area is 132 Å². The van der Waals surface area contributed by atoms with Gasteiger partial charge in [-0.25, -0.2) is 0 Å². The van der Waals surface area contributed by atoms with Gasteiger partial charge in [-0.15, -0.1) is 12.3 Å². The third kappa shape index (κ3) is 1.78. The van der Waals surface area contributed by atoms with E-state index in [1.165, 1.54) is 11.1 Å². The van der Waals surface area contributed by atoms with E-state index in [9.17, 15) is 10.2 Å². The predicted octanol–water partition coefficient (Wildman–Crippen LogP) is 3.47. The molecule has 0 radical (unpaired) electrons. The number of aromatic hydroxyl groups is 1. The maximum Gasteiger partial charge on any atom is 0.115 e. The summed E-state index contributed by atoms with van der Waals surface area (Å²) in [5, 5.41) is 20.3. The van der Waals surface area contributed by atoms with Crippen LogP contribution in [0, 0.1) is 35.5 Å². The number of hydrogen-bond acceptors (Lipinski definition) is 2. The van der Waals surface area contributed by atoms with Crippen LogP contribution in [0.5, 0.6) is 5.75 Å². The molecule has 0 heterocycles. The number of aliphatic hydroxyl groups excluding tert-OH is 1. The smallest absolute Gasteiger partial charge is 0.115 e. The van der Waals surface area contributed by atoms with Crippen molar-refractivity contribution in [2.75, 3.05) is 0 Å². The van der Waals surface area contributed by atoms with Crippen molar-refractivity contribution in [3.05, 3.63) is 29.3 Å². The molecule has 1 aromatic carbocycles. The highest BCUT2D eigenvalue weighted by atomic mass is 16.3. The summed E-state index contributed by atoms with van der Waals surface area (Å²) in [6.07, 6.45) is 10.8. The van der Waals surface area contributed by atoms with Gasteiger partial charge in [-0.2, -0.15) is 0 Å². The van der Waals surface area contributed by atoms with Crippen molar-refractivity contribution in [1.82, 2.24) is 0 Å². The number of aryl methyl sites for hydroxylation is 1. The summed E-state index contributed by atoms with van der Waals surface area (Å²) in [5.41, 5.74) is 2.61. The average molecular weight is 296 g/mol. The summed E-state index contributed by atoms with van der Waals surface area (Å²) in [6.45, 7) is 2.25. The van der Waals surface area contributed by atoms with Crippen LogP contribution in [-0.2, 0) is 6.42 Å². The van der Waals surface area contributed by atoms with Gasteiger partial charge in [-0.1, -0.05) is 13.0 Å². The zero-order valence-electron chi connectivity index (χ0n) is 13.1. The second-order valence-electron chi connectivity index (χ2n) is 7.79. The number of rotatable bonds is 0. The molecule has 0 amide bonds. The molecule has 0 bridgehead atoms. The molecule has 1 aromatic rings. The first-order chi connectivity index (χ1) is 10.5. The standard InChI is InChI=1S/C20H24O2/c1-3-12-11-20(2)17(8-9-18(20)22)16-6-4-13-10-14(21)5-7-15(13)19(12)16/h1,5,7,10,12,16-19,21-22H,4,6,8-9,11H2,2H3/t12?,16-,17-,18+,19+,20-/m0/s1. The van der Waals surface area contributed by atoms with Crippen LogP contribution in [-0.4, -0.2) is 16.3 Å². The van der Waals surface area contributed by atoms with Crippen molar-refractivity contribution < 1.29 is 10.2 Å². The molecule has 6 atom stereocenters.